The summed E-state index contributed by atoms with van der Waals surface area (Å²) in [6.07, 6.45) is 1.12. The molecule has 5 heteroatoms. The van der Waals surface area contributed by atoms with Crippen LogP contribution in [-0.2, 0) is 20.1 Å². The van der Waals surface area contributed by atoms with E-state index in [9.17, 15) is 0 Å². The number of pyridine rings is 1. The second-order valence-electron chi connectivity index (χ2n) is 14.0. The van der Waals surface area contributed by atoms with E-state index < -0.39 is 13.7 Å². The van der Waals surface area contributed by atoms with Crippen LogP contribution in [0.5, 0.6) is 0 Å². The largest absolute Gasteiger partial charge is 0.500 e. The molecule has 3 aromatic heterocycles. The summed E-state index contributed by atoms with van der Waals surface area (Å²) < 4.78 is 55.3. The Balaban J connectivity index is 0.000000185. The summed E-state index contributed by atoms with van der Waals surface area (Å²) >= 11 is 0. The van der Waals surface area contributed by atoms with Gasteiger partial charge in [0.15, 0.2) is 0 Å². The molecule has 0 spiro atoms. The second-order valence-corrected chi connectivity index (χ2v) is 14.0. The SMILES string of the molecule is CC(C)c1cccc(C(C)C)c1-n1c(-c2[c-]cccc2)nc2ccccc21.[2H]C([2H])([2H])c1cnc(-c2[c-]ccc3c2oc2c(-c4ccccc4)cccc23)cc1C([2H])([2H])[2H].[Ir]. The number of nitrogens with zero attached hydrogens (tertiary/aromatic N) is 3. The second kappa shape index (κ2) is 16.0. The quantitative estimate of drug-likeness (QED) is 0.156. The van der Waals surface area contributed by atoms with Crippen molar-refractivity contribution < 1.29 is 32.7 Å². The topological polar surface area (TPSA) is 43.9 Å². The third-order valence-electron chi connectivity index (χ3n) is 9.78. The first-order valence-electron chi connectivity index (χ1n) is 21.2. The van der Waals surface area contributed by atoms with Crippen molar-refractivity contribution in [3.05, 3.63) is 174 Å². The van der Waals surface area contributed by atoms with Crippen LogP contribution in [0.2, 0.25) is 0 Å². The van der Waals surface area contributed by atoms with Crippen LogP contribution >= 0.6 is 0 Å². The number of para-hydroxylation sites is 4. The Morgan fingerprint density at radius 2 is 1.38 bits per heavy atom. The molecule has 9 aromatic rings. The predicted octanol–water partition coefficient (Wildman–Crippen LogP) is 13.5. The van der Waals surface area contributed by atoms with E-state index in [0.29, 0.717) is 34.3 Å². The van der Waals surface area contributed by atoms with Crippen molar-refractivity contribution in [3.8, 4) is 39.5 Å². The zero-order valence-electron chi connectivity index (χ0n) is 37.0. The first-order valence-corrected chi connectivity index (χ1v) is 18.2. The fraction of sp³-hybridized carbons (Fsp3) is 0.160. The summed E-state index contributed by atoms with van der Waals surface area (Å²) in [5.41, 5.74) is 10.5. The van der Waals surface area contributed by atoms with Gasteiger partial charge in [0.05, 0.1) is 22.4 Å². The van der Waals surface area contributed by atoms with Crippen LogP contribution in [0.25, 0.3) is 72.4 Å². The number of hydrogen-bond acceptors (Lipinski definition) is 3. The number of rotatable bonds is 6. The van der Waals surface area contributed by atoms with E-state index in [1.165, 1.54) is 22.9 Å². The Kier molecular flexibility index (Phi) is 8.93. The number of aromatic nitrogens is 3. The molecule has 275 valence electrons. The smallest absolute Gasteiger partial charge is 0.128 e. The molecule has 0 amide bonds. The minimum absolute atomic E-state index is 0. The van der Waals surface area contributed by atoms with Gasteiger partial charge in [-0.15, -0.1) is 54.1 Å². The van der Waals surface area contributed by atoms with Crippen LogP contribution in [0.3, 0.4) is 0 Å². The molecule has 1 radical (unpaired) electrons. The molecule has 0 saturated heterocycles. The summed E-state index contributed by atoms with van der Waals surface area (Å²) in [4.78, 5) is 9.28. The number of benzene rings is 6. The molecule has 0 fully saturated rings. The predicted molar refractivity (Wildman–Crippen MR) is 224 cm³/mol. The Labute approximate surface area is 345 Å². The Bertz CT molecular complexity index is 2940. The number of fused-ring (bicyclic) bond motifs is 4. The van der Waals surface area contributed by atoms with Crippen LogP contribution < -0.4 is 0 Å². The summed E-state index contributed by atoms with van der Waals surface area (Å²) in [6, 6.07) is 50.4. The summed E-state index contributed by atoms with van der Waals surface area (Å²) in [6.45, 7) is 3.85. The van der Waals surface area contributed by atoms with Crippen LogP contribution in [0.4, 0.5) is 0 Å². The Morgan fingerprint density at radius 1 is 0.673 bits per heavy atom. The Morgan fingerprint density at radius 3 is 2.11 bits per heavy atom. The molecule has 4 nitrogen and oxygen atoms in total. The van der Waals surface area contributed by atoms with Crippen LogP contribution in [-0.4, -0.2) is 14.5 Å². The molecule has 0 bridgehead atoms. The molecule has 0 unspecified atom stereocenters. The zero-order valence-corrected chi connectivity index (χ0v) is 33.4. The third kappa shape index (κ3) is 7.18. The average Bonchev–Trinajstić information content (AvgIpc) is 3.82. The first kappa shape index (κ1) is 30.7. The van der Waals surface area contributed by atoms with Crippen LogP contribution in [0.1, 0.15) is 70.0 Å². The van der Waals surface area contributed by atoms with Gasteiger partial charge >= 0.3 is 0 Å². The van der Waals surface area contributed by atoms with Crippen molar-refractivity contribution in [2.24, 2.45) is 0 Å². The number of furan rings is 1. The van der Waals surface area contributed by atoms with E-state index in [1.807, 2.05) is 72.8 Å². The normalized spacial score (nSPS) is 13.3. The van der Waals surface area contributed by atoms with E-state index >= 15 is 0 Å². The van der Waals surface area contributed by atoms with Gasteiger partial charge < -0.3 is 14.0 Å². The van der Waals surface area contributed by atoms with E-state index in [0.717, 1.165) is 50.5 Å². The minimum Gasteiger partial charge on any atom is -0.500 e. The molecule has 0 atom stereocenters. The van der Waals surface area contributed by atoms with Gasteiger partial charge in [-0.3, -0.25) is 4.98 Å². The summed E-state index contributed by atoms with van der Waals surface area (Å²) in [5, 5.41) is 1.76. The van der Waals surface area contributed by atoms with E-state index in [4.69, 9.17) is 17.6 Å². The Hall–Kier alpha value is -5.61. The molecule has 0 aliphatic heterocycles. The number of imidazole rings is 1. The monoisotopic (exact) mass is 900 g/mol. The van der Waals surface area contributed by atoms with Crippen molar-refractivity contribution in [1.29, 1.82) is 0 Å². The minimum atomic E-state index is -2.61. The molecular weight excluding hydrogens is 851 g/mol. The fourth-order valence-electron chi connectivity index (χ4n) is 7.13. The molecule has 0 N–H and O–H groups in total. The van der Waals surface area contributed by atoms with Crippen molar-refractivity contribution in [2.75, 3.05) is 0 Å². The number of hydrogen-bond donors (Lipinski definition) is 0. The first-order chi connectivity index (χ1) is 28.7. The van der Waals surface area contributed by atoms with Gasteiger partial charge in [-0.05, 0) is 65.6 Å². The standard InChI is InChI=1S/C25H25N2.C25H18NO.Ir/c1-17(2)20-13-10-14-21(18(3)4)24(20)27-23-16-9-8-15-22(23)26-25(27)19-11-6-5-7-12-19;1-16-14-23(26-15-17(16)2)22-13-7-12-21-20-11-6-10-19(24(20)27-25(21)22)18-8-4-3-5-9-18;/h5-11,13-18H,1-4H3;3-12,14-15H,1-2H3;/q2*-1;/i;1D3,2D3;. The zero-order chi connectivity index (χ0) is 42.3. The molecule has 0 aliphatic carbocycles. The van der Waals surface area contributed by atoms with Crippen LogP contribution in [0, 0.1) is 25.8 Å². The van der Waals surface area contributed by atoms with Gasteiger partial charge in [0, 0.05) is 51.2 Å². The van der Waals surface area contributed by atoms with Gasteiger partial charge in [-0.25, -0.2) is 0 Å². The van der Waals surface area contributed by atoms with Gasteiger partial charge in [-0.1, -0.05) is 129 Å². The van der Waals surface area contributed by atoms with Crippen LogP contribution in [0.15, 0.2) is 144 Å². The molecule has 3 heterocycles. The molecule has 9 rings (SSSR count). The maximum Gasteiger partial charge on any atom is 0.128 e. The average molecular weight is 900 g/mol. The van der Waals surface area contributed by atoms with Gasteiger partial charge in [0.25, 0.3) is 0 Å². The van der Waals surface area contributed by atoms with Crippen molar-refractivity contribution in [2.45, 2.75) is 53.2 Å². The molecular formula is C50H43IrN3O-2. The van der Waals surface area contributed by atoms with Crippen molar-refractivity contribution >= 4 is 33.0 Å². The summed E-state index contributed by atoms with van der Waals surface area (Å²) in [7, 11) is 0. The van der Waals surface area contributed by atoms with E-state index in [1.54, 1.807) is 6.07 Å². The summed E-state index contributed by atoms with van der Waals surface area (Å²) in [5.74, 6) is 1.80. The number of aryl methyl sites for hydroxylation is 2. The van der Waals surface area contributed by atoms with E-state index in [-0.39, 0.29) is 31.2 Å². The fourth-order valence-corrected chi connectivity index (χ4v) is 7.13. The van der Waals surface area contributed by atoms with Crippen molar-refractivity contribution in [3.63, 3.8) is 0 Å². The van der Waals surface area contributed by atoms with Crippen molar-refractivity contribution in [1.82, 2.24) is 14.5 Å². The van der Waals surface area contributed by atoms with Gasteiger partial charge in [-0.2, -0.15) is 0 Å². The van der Waals surface area contributed by atoms with Gasteiger partial charge in [0.1, 0.15) is 5.58 Å². The van der Waals surface area contributed by atoms with E-state index in [2.05, 4.69) is 97.9 Å². The maximum absolute atomic E-state index is 7.85. The maximum atomic E-state index is 7.85. The molecule has 0 saturated carbocycles. The molecule has 6 aromatic carbocycles. The van der Waals surface area contributed by atoms with Gasteiger partial charge in [0.2, 0.25) is 0 Å². The molecule has 55 heavy (non-hydrogen) atoms. The third-order valence-corrected chi connectivity index (χ3v) is 9.78. The molecule has 0 aliphatic rings.